The number of benzene rings is 1. The van der Waals surface area contributed by atoms with Crippen molar-refractivity contribution in [1.29, 1.82) is 0 Å². The molecule has 1 fully saturated rings. The van der Waals surface area contributed by atoms with Crippen molar-refractivity contribution in [2.24, 2.45) is 4.99 Å². The van der Waals surface area contributed by atoms with Gasteiger partial charge in [0, 0.05) is 6.54 Å². The zero-order valence-electron chi connectivity index (χ0n) is 17.3. The number of hydrogen-bond donors (Lipinski definition) is 2. The van der Waals surface area contributed by atoms with Crippen molar-refractivity contribution in [3.8, 4) is 5.75 Å². The normalized spacial score (nSPS) is 15.5. The summed E-state index contributed by atoms with van der Waals surface area (Å²) in [5, 5.41) is 6.53. The topological polar surface area (TPSA) is 71.7 Å². The Morgan fingerprint density at radius 3 is 2.54 bits per heavy atom. The largest absolute Gasteiger partial charge is 0.490 e. The van der Waals surface area contributed by atoms with Crippen LogP contribution in [0.1, 0.15) is 61.9 Å². The Morgan fingerprint density at radius 2 is 1.89 bits per heavy atom. The van der Waals surface area contributed by atoms with E-state index < -0.39 is 0 Å². The van der Waals surface area contributed by atoms with Gasteiger partial charge in [0.05, 0.1) is 24.9 Å². The summed E-state index contributed by atoms with van der Waals surface area (Å²) in [4.78, 5) is 9.05. The van der Waals surface area contributed by atoms with E-state index in [1.807, 2.05) is 20.8 Å². The first-order valence-electron chi connectivity index (χ1n) is 10.3. The predicted molar refractivity (Wildman–Crippen MR) is 112 cm³/mol. The van der Waals surface area contributed by atoms with Crippen molar-refractivity contribution in [1.82, 2.24) is 15.6 Å². The predicted octanol–water partition coefficient (Wildman–Crippen LogP) is 4.26. The van der Waals surface area contributed by atoms with Crippen LogP contribution in [0.5, 0.6) is 5.75 Å². The maximum Gasteiger partial charge on any atom is 0.214 e. The van der Waals surface area contributed by atoms with Crippen LogP contribution < -0.4 is 15.4 Å². The zero-order chi connectivity index (χ0) is 19.8. The van der Waals surface area contributed by atoms with Gasteiger partial charge in [0.25, 0.3) is 0 Å². The van der Waals surface area contributed by atoms with Crippen molar-refractivity contribution < 1.29 is 9.15 Å². The molecule has 0 spiro atoms. The van der Waals surface area contributed by atoms with E-state index in [1.54, 1.807) is 0 Å². The standard InChI is InChI=1S/C22H32N4O2/c1-4-23-22(25-15-21-26-16(2)17(3)27-21)24-14-18-10-12-20(13-11-18)28-19-8-6-5-7-9-19/h10-13,19H,4-9,14-15H2,1-3H3,(H2,23,24,25). The number of aromatic nitrogens is 1. The molecule has 1 aromatic heterocycles. The fourth-order valence-electron chi connectivity index (χ4n) is 3.34. The summed E-state index contributed by atoms with van der Waals surface area (Å²) in [6.07, 6.45) is 6.63. The molecule has 1 aliphatic rings. The molecule has 0 bridgehead atoms. The summed E-state index contributed by atoms with van der Waals surface area (Å²) < 4.78 is 11.7. The van der Waals surface area contributed by atoms with Crippen LogP contribution in [0.4, 0.5) is 0 Å². The van der Waals surface area contributed by atoms with Gasteiger partial charge in [-0.05, 0) is 64.2 Å². The monoisotopic (exact) mass is 384 g/mol. The summed E-state index contributed by atoms with van der Waals surface area (Å²) >= 11 is 0. The maximum absolute atomic E-state index is 6.10. The average Bonchev–Trinajstić information content (AvgIpc) is 3.03. The summed E-state index contributed by atoms with van der Waals surface area (Å²) in [5.41, 5.74) is 2.07. The fourth-order valence-corrected chi connectivity index (χ4v) is 3.34. The quantitative estimate of drug-likeness (QED) is 0.551. The minimum Gasteiger partial charge on any atom is -0.490 e. The van der Waals surface area contributed by atoms with E-state index in [4.69, 9.17) is 9.15 Å². The minimum atomic E-state index is 0.379. The molecule has 1 saturated carbocycles. The van der Waals surface area contributed by atoms with Gasteiger partial charge in [-0.15, -0.1) is 0 Å². The Morgan fingerprint density at radius 1 is 1.14 bits per heavy atom. The molecule has 2 aromatic rings. The lowest BCUT2D eigenvalue weighted by atomic mass is 9.98. The second-order valence-corrected chi connectivity index (χ2v) is 7.32. The molecule has 28 heavy (non-hydrogen) atoms. The van der Waals surface area contributed by atoms with Gasteiger partial charge in [0.15, 0.2) is 5.96 Å². The number of guanidine groups is 1. The first kappa shape index (κ1) is 20.2. The van der Waals surface area contributed by atoms with Gasteiger partial charge in [0.2, 0.25) is 5.89 Å². The van der Waals surface area contributed by atoms with E-state index in [0.29, 0.717) is 25.1 Å². The summed E-state index contributed by atoms with van der Waals surface area (Å²) in [6.45, 7) is 7.82. The molecule has 2 N–H and O–H groups in total. The van der Waals surface area contributed by atoms with Gasteiger partial charge >= 0.3 is 0 Å². The Kier molecular flexibility index (Phi) is 7.34. The van der Waals surface area contributed by atoms with Crippen molar-refractivity contribution >= 4 is 5.96 Å². The molecule has 6 nitrogen and oxygen atoms in total. The second kappa shape index (κ2) is 10.2. The van der Waals surface area contributed by atoms with Crippen molar-refractivity contribution in [3.63, 3.8) is 0 Å². The van der Waals surface area contributed by atoms with Crippen LogP contribution in [0.25, 0.3) is 0 Å². The molecule has 0 radical (unpaired) electrons. The van der Waals surface area contributed by atoms with Crippen LogP contribution in [0, 0.1) is 13.8 Å². The number of oxazole rings is 1. The molecule has 1 aromatic carbocycles. The van der Waals surface area contributed by atoms with E-state index in [1.165, 1.54) is 32.1 Å². The molecule has 1 aliphatic carbocycles. The van der Waals surface area contributed by atoms with Crippen LogP contribution >= 0.6 is 0 Å². The van der Waals surface area contributed by atoms with E-state index in [9.17, 15) is 0 Å². The van der Waals surface area contributed by atoms with Crippen molar-refractivity contribution in [3.05, 3.63) is 47.2 Å². The summed E-state index contributed by atoms with van der Waals surface area (Å²) in [7, 11) is 0. The molecule has 3 rings (SSSR count). The smallest absolute Gasteiger partial charge is 0.214 e. The number of rotatable bonds is 7. The van der Waals surface area contributed by atoms with E-state index in [2.05, 4.69) is 44.9 Å². The first-order chi connectivity index (χ1) is 13.6. The lowest BCUT2D eigenvalue weighted by Crippen LogP contribution is -2.36. The van der Waals surface area contributed by atoms with Crippen LogP contribution in [-0.4, -0.2) is 23.6 Å². The second-order valence-electron chi connectivity index (χ2n) is 7.32. The van der Waals surface area contributed by atoms with E-state index in [-0.39, 0.29) is 0 Å². The van der Waals surface area contributed by atoms with Crippen LogP contribution in [0.2, 0.25) is 0 Å². The number of nitrogens with one attached hydrogen (secondary N) is 2. The molecule has 0 unspecified atom stereocenters. The average molecular weight is 385 g/mol. The van der Waals surface area contributed by atoms with Crippen LogP contribution in [-0.2, 0) is 13.1 Å². The highest BCUT2D eigenvalue weighted by molar-refractivity contribution is 5.79. The summed E-state index contributed by atoms with van der Waals surface area (Å²) in [6, 6.07) is 8.29. The molecular formula is C22H32N4O2. The highest BCUT2D eigenvalue weighted by atomic mass is 16.5. The molecular weight excluding hydrogens is 352 g/mol. The Bertz CT molecular complexity index is 742. The Balaban J connectivity index is 1.52. The van der Waals surface area contributed by atoms with Crippen LogP contribution in [0.15, 0.2) is 33.7 Å². The Labute approximate surface area is 167 Å². The number of hydrogen-bond acceptors (Lipinski definition) is 4. The lowest BCUT2D eigenvalue weighted by Gasteiger charge is -2.23. The van der Waals surface area contributed by atoms with Crippen LogP contribution in [0.3, 0.4) is 0 Å². The molecule has 0 aliphatic heterocycles. The van der Waals surface area contributed by atoms with Gasteiger partial charge in [0.1, 0.15) is 11.5 Å². The van der Waals surface area contributed by atoms with Gasteiger partial charge in [-0.2, -0.15) is 0 Å². The first-order valence-corrected chi connectivity index (χ1v) is 10.3. The molecule has 6 heteroatoms. The van der Waals surface area contributed by atoms with Crippen molar-refractivity contribution in [2.75, 3.05) is 6.54 Å². The number of aryl methyl sites for hydroxylation is 2. The molecule has 0 atom stereocenters. The number of aliphatic imine (C=N–C) groups is 1. The lowest BCUT2D eigenvalue weighted by molar-refractivity contribution is 0.155. The third-order valence-corrected chi connectivity index (χ3v) is 5.02. The molecule has 0 amide bonds. The third-order valence-electron chi connectivity index (χ3n) is 5.02. The zero-order valence-corrected chi connectivity index (χ0v) is 17.3. The number of nitrogens with zero attached hydrogens (tertiary/aromatic N) is 2. The molecule has 1 heterocycles. The van der Waals surface area contributed by atoms with E-state index >= 15 is 0 Å². The highest BCUT2D eigenvalue weighted by Crippen LogP contribution is 2.23. The fraction of sp³-hybridized carbons (Fsp3) is 0.545. The van der Waals surface area contributed by atoms with Gasteiger partial charge in [-0.3, -0.25) is 0 Å². The third kappa shape index (κ3) is 6.01. The molecule has 152 valence electrons. The van der Waals surface area contributed by atoms with Gasteiger partial charge in [-0.1, -0.05) is 18.6 Å². The summed E-state index contributed by atoms with van der Waals surface area (Å²) in [5.74, 6) is 3.23. The highest BCUT2D eigenvalue weighted by Gasteiger charge is 2.14. The number of ether oxygens (including phenoxy) is 1. The SMILES string of the molecule is CCNC(=NCc1ccc(OC2CCCCC2)cc1)NCc1nc(C)c(C)o1. The van der Waals surface area contributed by atoms with Crippen molar-refractivity contribution in [2.45, 2.75) is 72.1 Å². The van der Waals surface area contributed by atoms with E-state index in [0.717, 1.165) is 35.3 Å². The molecule has 0 saturated heterocycles. The van der Waals surface area contributed by atoms with Gasteiger partial charge < -0.3 is 19.8 Å². The minimum absolute atomic E-state index is 0.379. The Hall–Kier alpha value is -2.50. The maximum atomic E-state index is 6.10. The van der Waals surface area contributed by atoms with Gasteiger partial charge in [-0.25, -0.2) is 9.98 Å².